The molecule has 1 N–H and O–H groups in total. The van der Waals surface area contributed by atoms with E-state index in [-0.39, 0.29) is 23.8 Å². The Bertz CT molecular complexity index is 868. The van der Waals surface area contributed by atoms with Crippen LogP contribution in [0.1, 0.15) is 48.4 Å². The van der Waals surface area contributed by atoms with Crippen molar-refractivity contribution in [3.05, 3.63) is 52.3 Å². The molecule has 0 bridgehead atoms. The average molecular weight is 390 g/mol. The van der Waals surface area contributed by atoms with Gasteiger partial charge in [0.05, 0.1) is 11.6 Å². The number of rotatable bonds is 3. The average Bonchev–Trinajstić information content (AvgIpc) is 3.19. The lowest BCUT2D eigenvalue weighted by Crippen LogP contribution is -2.31. The SMILES string of the molecule is Cn1nc(C(C)(C)C)cc1C(=O)N1C[C@@H](C(=O)O)[C@H](c2ccc(Cl)cc2)C1. The van der Waals surface area contributed by atoms with Crippen LogP contribution >= 0.6 is 11.6 Å². The lowest BCUT2D eigenvalue weighted by Gasteiger charge is -2.16. The van der Waals surface area contributed by atoms with Crippen molar-refractivity contribution in [1.82, 2.24) is 14.7 Å². The van der Waals surface area contributed by atoms with Gasteiger partial charge in [-0.2, -0.15) is 5.10 Å². The largest absolute Gasteiger partial charge is 0.481 e. The standard InChI is InChI=1S/C20H24ClN3O3/c1-20(2,3)17-9-16(23(4)22-17)18(25)24-10-14(15(11-24)19(26)27)12-5-7-13(21)8-6-12/h5-9,14-15H,10-11H2,1-4H3,(H,26,27)/t14-,15+/m0/s1. The number of hydrogen-bond donors (Lipinski definition) is 1. The number of carboxylic acids is 1. The van der Waals surface area contributed by atoms with Crippen molar-refractivity contribution >= 4 is 23.5 Å². The zero-order valence-corrected chi connectivity index (χ0v) is 16.7. The van der Waals surface area contributed by atoms with E-state index in [1.54, 1.807) is 34.8 Å². The molecule has 1 aliphatic rings. The third-order valence-corrected chi connectivity index (χ3v) is 5.34. The highest BCUT2D eigenvalue weighted by atomic mass is 35.5. The summed E-state index contributed by atoms with van der Waals surface area (Å²) in [4.78, 5) is 26.4. The highest BCUT2D eigenvalue weighted by molar-refractivity contribution is 6.30. The van der Waals surface area contributed by atoms with Crippen LogP contribution in [0.25, 0.3) is 0 Å². The van der Waals surface area contributed by atoms with Crippen LogP contribution in [0.3, 0.4) is 0 Å². The molecule has 7 heteroatoms. The molecular formula is C20H24ClN3O3. The van der Waals surface area contributed by atoms with Crippen molar-refractivity contribution in [2.24, 2.45) is 13.0 Å². The van der Waals surface area contributed by atoms with Gasteiger partial charge in [-0.15, -0.1) is 0 Å². The first kappa shape index (κ1) is 19.4. The van der Waals surface area contributed by atoms with Gasteiger partial charge in [-0.1, -0.05) is 44.5 Å². The van der Waals surface area contributed by atoms with Crippen molar-refractivity contribution in [1.29, 1.82) is 0 Å². The molecule has 1 fully saturated rings. The van der Waals surface area contributed by atoms with Crippen LogP contribution < -0.4 is 0 Å². The predicted molar refractivity (Wildman–Crippen MR) is 103 cm³/mol. The minimum Gasteiger partial charge on any atom is -0.481 e. The number of aryl methyl sites for hydroxylation is 1. The number of carboxylic acid groups (broad SMARTS) is 1. The highest BCUT2D eigenvalue weighted by Crippen LogP contribution is 2.34. The normalized spacial score (nSPS) is 20.1. The molecule has 0 unspecified atom stereocenters. The zero-order chi connectivity index (χ0) is 19.9. The first-order valence-corrected chi connectivity index (χ1v) is 9.28. The smallest absolute Gasteiger partial charge is 0.308 e. The fourth-order valence-electron chi connectivity index (χ4n) is 3.46. The van der Waals surface area contributed by atoms with Gasteiger partial charge in [0.15, 0.2) is 0 Å². The van der Waals surface area contributed by atoms with Gasteiger partial charge in [-0.05, 0) is 23.8 Å². The summed E-state index contributed by atoms with van der Waals surface area (Å²) in [5.41, 5.74) is 2.01. The van der Waals surface area contributed by atoms with Gasteiger partial charge in [0.25, 0.3) is 5.91 Å². The number of likely N-dealkylation sites (tertiary alicyclic amines) is 1. The Hall–Kier alpha value is -2.34. The van der Waals surface area contributed by atoms with Crippen LogP contribution in [0.15, 0.2) is 30.3 Å². The van der Waals surface area contributed by atoms with Gasteiger partial charge in [0.2, 0.25) is 0 Å². The summed E-state index contributed by atoms with van der Waals surface area (Å²) in [5, 5.41) is 14.7. The lowest BCUT2D eigenvalue weighted by molar-refractivity contribution is -0.141. The minimum atomic E-state index is -0.898. The van der Waals surface area contributed by atoms with Crippen LogP contribution in [-0.2, 0) is 17.3 Å². The van der Waals surface area contributed by atoms with Crippen LogP contribution in [-0.4, -0.2) is 44.8 Å². The minimum absolute atomic E-state index is 0.170. The van der Waals surface area contributed by atoms with Crippen LogP contribution in [0.4, 0.5) is 0 Å². The second kappa shape index (κ2) is 7.00. The second-order valence-electron chi connectivity index (χ2n) is 8.10. The number of carbonyl (C=O) groups excluding carboxylic acids is 1. The molecule has 0 spiro atoms. The van der Waals surface area contributed by atoms with Gasteiger partial charge >= 0.3 is 5.97 Å². The van der Waals surface area contributed by atoms with Gasteiger partial charge in [-0.25, -0.2) is 0 Å². The number of nitrogens with zero attached hydrogens (tertiary/aromatic N) is 3. The number of benzene rings is 1. The molecule has 6 nitrogen and oxygen atoms in total. The lowest BCUT2D eigenvalue weighted by atomic mass is 9.89. The Morgan fingerprint density at radius 3 is 2.33 bits per heavy atom. The number of carbonyl (C=O) groups is 2. The Morgan fingerprint density at radius 2 is 1.81 bits per heavy atom. The molecule has 3 rings (SSSR count). The van der Waals surface area contributed by atoms with E-state index in [0.29, 0.717) is 17.3 Å². The summed E-state index contributed by atoms with van der Waals surface area (Å²) in [6, 6.07) is 8.96. The van der Waals surface area contributed by atoms with Gasteiger partial charge in [0.1, 0.15) is 5.69 Å². The summed E-state index contributed by atoms with van der Waals surface area (Å²) in [5.74, 6) is -2.00. The molecule has 1 aromatic carbocycles. The van der Waals surface area contributed by atoms with E-state index in [1.165, 1.54) is 0 Å². The van der Waals surface area contributed by atoms with Gasteiger partial charge in [0, 0.05) is 36.5 Å². The number of amides is 1. The molecular weight excluding hydrogens is 366 g/mol. The summed E-state index contributed by atoms with van der Waals surface area (Å²) in [6.45, 7) is 6.65. The topological polar surface area (TPSA) is 75.4 Å². The third-order valence-electron chi connectivity index (χ3n) is 5.09. The molecule has 0 aliphatic carbocycles. The summed E-state index contributed by atoms with van der Waals surface area (Å²) in [6.07, 6.45) is 0. The van der Waals surface area contributed by atoms with Crippen LogP contribution in [0.2, 0.25) is 5.02 Å². The van der Waals surface area contributed by atoms with E-state index < -0.39 is 11.9 Å². The molecule has 1 amide bonds. The summed E-state index contributed by atoms with van der Waals surface area (Å²) in [7, 11) is 1.74. The molecule has 2 aromatic rings. The van der Waals surface area contributed by atoms with E-state index in [2.05, 4.69) is 5.10 Å². The van der Waals surface area contributed by atoms with Crippen LogP contribution in [0, 0.1) is 5.92 Å². The molecule has 27 heavy (non-hydrogen) atoms. The van der Waals surface area contributed by atoms with Crippen molar-refractivity contribution < 1.29 is 14.7 Å². The van der Waals surface area contributed by atoms with E-state index in [0.717, 1.165) is 11.3 Å². The Morgan fingerprint density at radius 1 is 1.19 bits per heavy atom. The maximum absolute atomic E-state index is 13.1. The zero-order valence-electron chi connectivity index (χ0n) is 15.9. The second-order valence-corrected chi connectivity index (χ2v) is 8.54. The Kier molecular flexibility index (Phi) is 5.04. The fraction of sp³-hybridized carbons (Fsp3) is 0.450. The van der Waals surface area contributed by atoms with Crippen molar-refractivity contribution in [2.45, 2.75) is 32.1 Å². The molecule has 2 atom stereocenters. The number of hydrogen-bond acceptors (Lipinski definition) is 3. The molecule has 0 radical (unpaired) electrons. The van der Waals surface area contributed by atoms with Gasteiger partial charge < -0.3 is 10.0 Å². The summed E-state index contributed by atoms with van der Waals surface area (Å²) >= 11 is 5.94. The first-order valence-electron chi connectivity index (χ1n) is 8.90. The van der Waals surface area contributed by atoms with Crippen molar-refractivity contribution in [2.75, 3.05) is 13.1 Å². The maximum Gasteiger partial charge on any atom is 0.308 e. The van der Waals surface area contributed by atoms with Gasteiger partial charge in [-0.3, -0.25) is 14.3 Å². The van der Waals surface area contributed by atoms with Crippen molar-refractivity contribution in [3.8, 4) is 0 Å². The monoisotopic (exact) mass is 389 g/mol. The van der Waals surface area contributed by atoms with E-state index in [1.807, 2.05) is 32.9 Å². The van der Waals surface area contributed by atoms with Crippen molar-refractivity contribution in [3.63, 3.8) is 0 Å². The number of aromatic nitrogens is 2. The predicted octanol–water partition coefficient (Wildman–Crippen LogP) is 3.31. The fourth-order valence-corrected chi connectivity index (χ4v) is 3.59. The molecule has 0 saturated carbocycles. The highest BCUT2D eigenvalue weighted by Gasteiger charge is 2.41. The summed E-state index contributed by atoms with van der Waals surface area (Å²) < 4.78 is 1.58. The van der Waals surface area contributed by atoms with E-state index in [4.69, 9.17) is 11.6 Å². The first-order chi connectivity index (χ1) is 12.6. The molecule has 1 aromatic heterocycles. The van der Waals surface area contributed by atoms with E-state index >= 15 is 0 Å². The third kappa shape index (κ3) is 3.86. The quantitative estimate of drug-likeness (QED) is 0.873. The van der Waals surface area contributed by atoms with Crippen LogP contribution in [0.5, 0.6) is 0 Å². The Labute approximate surface area is 163 Å². The number of aliphatic carboxylic acids is 1. The molecule has 2 heterocycles. The maximum atomic E-state index is 13.1. The van der Waals surface area contributed by atoms with E-state index in [9.17, 15) is 14.7 Å². The Balaban J connectivity index is 1.87. The molecule has 1 saturated heterocycles. The number of halogens is 1. The molecule has 1 aliphatic heterocycles. The molecule has 144 valence electrons.